The van der Waals surface area contributed by atoms with E-state index in [0.29, 0.717) is 31.8 Å². The third-order valence-electron chi connectivity index (χ3n) is 4.63. The molecule has 1 atom stereocenters. The van der Waals surface area contributed by atoms with Crippen LogP contribution in [0.3, 0.4) is 0 Å². The van der Waals surface area contributed by atoms with Crippen LogP contribution in [0.1, 0.15) is 15.9 Å². The zero-order valence-electron chi connectivity index (χ0n) is 14.2. The number of carbonyl (C=O) groups is 2. The minimum Gasteiger partial charge on any atom is -0.447 e. The van der Waals surface area contributed by atoms with Crippen molar-refractivity contribution in [2.45, 2.75) is 16.8 Å². The summed E-state index contributed by atoms with van der Waals surface area (Å²) in [6.07, 6.45) is 1.52. The minimum absolute atomic E-state index is 0.00734. The highest BCUT2D eigenvalue weighted by molar-refractivity contribution is 7.98. The van der Waals surface area contributed by atoms with E-state index in [9.17, 15) is 9.59 Å². The number of thioether (sulfide) groups is 1. The Morgan fingerprint density at radius 1 is 1.19 bits per heavy atom. The molecule has 3 heterocycles. The van der Waals surface area contributed by atoms with Gasteiger partial charge < -0.3 is 9.64 Å². The summed E-state index contributed by atoms with van der Waals surface area (Å²) >= 11 is 1.67. The van der Waals surface area contributed by atoms with E-state index in [-0.39, 0.29) is 18.0 Å². The molecule has 4 rings (SSSR count). The molecule has 2 amide bonds. The average Bonchev–Trinajstić information content (AvgIpc) is 3.07. The predicted octanol–water partition coefficient (Wildman–Crippen LogP) is 2.65. The molecule has 1 unspecified atom stereocenters. The van der Waals surface area contributed by atoms with Gasteiger partial charge in [-0.05, 0) is 29.8 Å². The molecule has 0 N–H and O–H groups in total. The van der Waals surface area contributed by atoms with Crippen molar-refractivity contribution in [3.05, 3.63) is 59.8 Å². The number of hydrogen-bond donors (Lipinski definition) is 0. The van der Waals surface area contributed by atoms with Crippen molar-refractivity contribution in [2.24, 2.45) is 0 Å². The van der Waals surface area contributed by atoms with Gasteiger partial charge in [-0.15, -0.1) is 11.8 Å². The number of carbonyl (C=O) groups excluding carboxylic acids is 2. The molecule has 134 valence electrons. The molecule has 0 bridgehead atoms. The first kappa shape index (κ1) is 16.9. The molecule has 26 heavy (non-hydrogen) atoms. The van der Waals surface area contributed by atoms with E-state index in [4.69, 9.17) is 4.74 Å². The van der Waals surface area contributed by atoms with Crippen LogP contribution in [0, 0.1) is 0 Å². The Kier molecular flexibility index (Phi) is 4.79. The molecule has 2 aliphatic rings. The molecule has 0 saturated carbocycles. The fourth-order valence-corrected chi connectivity index (χ4v) is 4.01. The second-order valence-electron chi connectivity index (χ2n) is 6.33. The standard InChI is InChI=1S/C19H19N3O3S/c23-18(21-9-10-22-16(11-21)12-25-19(22)24)15-6-4-14(5-7-15)13-26-17-3-1-2-8-20-17/h1-8,16H,9-13H2. The first-order valence-electron chi connectivity index (χ1n) is 8.56. The van der Waals surface area contributed by atoms with Crippen molar-refractivity contribution in [2.75, 3.05) is 26.2 Å². The van der Waals surface area contributed by atoms with Gasteiger partial charge in [0.15, 0.2) is 0 Å². The van der Waals surface area contributed by atoms with E-state index in [1.165, 1.54) is 0 Å². The average molecular weight is 369 g/mol. The van der Waals surface area contributed by atoms with Crippen molar-refractivity contribution in [3.63, 3.8) is 0 Å². The highest BCUT2D eigenvalue weighted by atomic mass is 32.2. The summed E-state index contributed by atoms with van der Waals surface area (Å²) in [7, 11) is 0. The summed E-state index contributed by atoms with van der Waals surface area (Å²) in [6, 6.07) is 13.6. The molecule has 2 saturated heterocycles. The van der Waals surface area contributed by atoms with E-state index in [0.717, 1.165) is 16.3 Å². The maximum Gasteiger partial charge on any atom is 0.410 e. The van der Waals surface area contributed by atoms with E-state index >= 15 is 0 Å². The lowest BCUT2D eigenvalue weighted by molar-refractivity contribution is 0.0617. The van der Waals surface area contributed by atoms with Gasteiger partial charge in [0.1, 0.15) is 6.61 Å². The number of ether oxygens (including phenoxy) is 1. The molecule has 2 aliphatic heterocycles. The van der Waals surface area contributed by atoms with Gasteiger partial charge in [0.05, 0.1) is 11.1 Å². The quantitative estimate of drug-likeness (QED) is 0.776. The largest absolute Gasteiger partial charge is 0.447 e. The summed E-state index contributed by atoms with van der Waals surface area (Å²) in [6.45, 7) is 1.98. The lowest BCUT2D eigenvalue weighted by atomic mass is 10.1. The van der Waals surface area contributed by atoms with Gasteiger partial charge in [0.25, 0.3) is 5.91 Å². The van der Waals surface area contributed by atoms with E-state index in [1.54, 1.807) is 27.8 Å². The fourth-order valence-electron chi connectivity index (χ4n) is 3.19. The topological polar surface area (TPSA) is 62.7 Å². The van der Waals surface area contributed by atoms with Crippen molar-refractivity contribution >= 4 is 23.8 Å². The van der Waals surface area contributed by atoms with Crippen molar-refractivity contribution in [1.82, 2.24) is 14.8 Å². The van der Waals surface area contributed by atoms with Gasteiger partial charge >= 0.3 is 6.09 Å². The SMILES string of the molecule is O=C(c1ccc(CSc2ccccn2)cc1)N1CCN2C(=O)OCC2C1. The summed E-state index contributed by atoms with van der Waals surface area (Å²) in [5.74, 6) is 0.819. The van der Waals surface area contributed by atoms with E-state index in [1.807, 2.05) is 42.5 Å². The lowest BCUT2D eigenvalue weighted by Crippen LogP contribution is -2.53. The number of aromatic nitrogens is 1. The number of fused-ring (bicyclic) bond motifs is 1. The van der Waals surface area contributed by atoms with Crippen molar-refractivity contribution in [1.29, 1.82) is 0 Å². The van der Waals surface area contributed by atoms with Crippen LogP contribution in [-0.4, -0.2) is 59.1 Å². The van der Waals surface area contributed by atoms with E-state index < -0.39 is 0 Å². The Labute approximate surface area is 156 Å². The monoisotopic (exact) mass is 369 g/mol. The first-order chi connectivity index (χ1) is 12.7. The van der Waals surface area contributed by atoms with Gasteiger partial charge in [0.2, 0.25) is 0 Å². The normalized spacial score (nSPS) is 19.2. The van der Waals surface area contributed by atoms with Crippen LogP contribution in [0.25, 0.3) is 0 Å². The summed E-state index contributed by atoms with van der Waals surface area (Å²) < 4.78 is 5.05. The van der Waals surface area contributed by atoms with Crippen LogP contribution in [0.4, 0.5) is 4.79 Å². The number of amides is 2. The molecule has 1 aromatic heterocycles. The smallest absolute Gasteiger partial charge is 0.410 e. The molecular formula is C19H19N3O3S. The maximum absolute atomic E-state index is 12.7. The highest BCUT2D eigenvalue weighted by Gasteiger charge is 2.38. The summed E-state index contributed by atoms with van der Waals surface area (Å²) in [5, 5.41) is 0.985. The molecule has 0 radical (unpaired) electrons. The Balaban J connectivity index is 1.36. The molecule has 1 aromatic carbocycles. The van der Waals surface area contributed by atoms with Crippen LogP contribution in [0.2, 0.25) is 0 Å². The number of nitrogens with zero attached hydrogens (tertiary/aromatic N) is 3. The first-order valence-corrected chi connectivity index (χ1v) is 9.55. The van der Waals surface area contributed by atoms with Gasteiger partial charge in [-0.1, -0.05) is 18.2 Å². The number of hydrogen-bond acceptors (Lipinski definition) is 5. The number of pyridine rings is 1. The number of cyclic esters (lactones) is 1. The zero-order valence-corrected chi connectivity index (χ0v) is 15.0. The number of benzene rings is 1. The van der Waals surface area contributed by atoms with Crippen LogP contribution in [0.15, 0.2) is 53.7 Å². The van der Waals surface area contributed by atoms with E-state index in [2.05, 4.69) is 4.98 Å². The molecule has 6 nitrogen and oxygen atoms in total. The Morgan fingerprint density at radius 2 is 2.04 bits per heavy atom. The number of piperazine rings is 1. The summed E-state index contributed by atoms with van der Waals surface area (Å²) in [4.78, 5) is 32.1. The maximum atomic E-state index is 12.7. The fraction of sp³-hybridized carbons (Fsp3) is 0.316. The minimum atomic E-state index is -0.267. The van der Waals surface area contributed by atoms with Gasteiger partial charge in [-0.25, -0.2) is 9.78 Å². The second-order valence-corrected chi connectivity index (χ2v) is 7.32. The van der Waals surface area contributed by atoms with Gasteiger partial charge in [-0.2, -0.15) is 0 Å². The third kappa shape index (κ3) is 3.53. The number of rotatable bonds is 4. The van der Waals surface area contributed by atoms with Crippen LogP contribution in [-0.2, 0) is 10.5 Å². The lowest BCUT2D eigenvalue weighted by Gasteiger charge is -2.35. The van der Waals surface area contributed by atoms with Crippen LogP contribution in [0.5, 0.6) is 0 Å². The van der Waals surface area contributed by atoms with Crippen molar-refractivity contribution in [3.8, 4) is 0 Å². The Hall–Kier alpha value is -2.54. The second kappa shape index (κ2) is 7.37. The van der Waals surface area contributed by atoms with Gasteiger partial charge in [0, 0.05) is 37.1 Å². The molecule has 0 aliphatic carbocycles. The Morgan fingerprint density at radius 3 is 2.81 bits per heavy atom. The Bertz CT molecular complexity index is 797. The summed E-state index contributed by atoms with van der Waals surface area (Å²) in [5.41, 5.74) is 1.83. The molecule has 2 fully saturated rings. The van der Waals surface area contributed by atoms with Crippen LogP contribution < -0.4 is 0 Å². The molecular weight excluding hydrogens is 350 g/mol. The molecule has 7 heteroatoms. The van der Waals surface area contributed by atoms with Crippen LogP contribution >= 0.6 is 11.8 Å². The zero-order chi connectivity index (χ0) is 17.9. The predicted molar refractivity (Wildman–Crippen MR) is 98.0 cm³/mol. The van der Waals surface area contributed by atoms with Crippen molar-refractivity contribution < 1.29 is 14.3 Å². The highest BCUT2D eigenvalue weighted by Crippen LogP contribution is 2.22. The van der Waals surface area contributed by atoms with Gasteiger partial charge in [-0.3, -0.25) is 9.69 Å². The third-order valence-corrected chi connectivity index (χ3v) is 5.64. The molecule has 0 spiro atoms. The molecule has 2 aromatic rings.